The van der Waals surface area contributed by atoms with E-state index >= 15 is 0 Å². The van der Waals surface area contributed by atoms with Crippen LogP contribution < -0.4 is 5.32 Å². The number of rotatable bonds is 3. The normalized spacial score (nSPS) is 10.4. The first-order valence-corrected chi connectivity index (χ1v) is 6.18. The van der Waals surface area contributed by atoms with E-state index in [0.29, 0.717) is 0 Å². The van der Waals surface area contributed by atoms with Gasteiger partial charge in [-0.05, 0) is 40.6 Å². The summed E-state index contributed by atoms with van der Waals surface area (Å²) >= 11 is 2.33. The smallest absolute Gasteiger partial charge is 0.132 e. The Kier molecular flexibility index (Phi) is 3.42. The Morgan fingerprint density at radius 1 is 1.50 bits per heavy atom. The number of aryl methyl sites for hydroxylation is 2. The molecule has 0 saturated heterocycles. The summed E-state index contributed by atoms with van der Waals surface area (Å²) in [5, 5.41) is 7.32. The number of nitrogens with one attached hydrogen (secondary N) is 1. The molecule has 2 rings (SSSR count). The molecule has 0 atom stereocenters. The van der Waals surface area contributed by atoms with Crippen molar-refractivity contribution in [3.05, 3.63) is 33.7 Å². The van der Waals surface area contributed by atoms with Gasteiger partial charge in [-0.25, -0.2) is 4.98 Å². The number of nitrogens with zero attached hydrogens (tertiary/aromatic N) is 3. The van der Waals surface area contributed by atoms with Crippen molar-refractivity contribution in [2.24, 2.45) is 7.05 Å². The van der Waals surface area contributed by atoms with Gasteiger partial charge in [0.1, 0.15) is 11.6 Å². The average molecular weight is 328 g/mol. The SMILES string of the molecule is CCc1cnc(Nc2ccnn2C)cc1I. The summed E-state index contributed by atoms with van der Waals surface area (Å²) in [5.41, 5.74) is 1.27. The van der Waals surface area contributed by atoms with Crippen molar-refractivity contribution in [3.8, 4) is 0 Å². The first-order chi connectivity index (χ1) is 7.70. The molecule has 0 radical (unpaired) electrons. The summed E-state index contributed by atoms with van der Waals surface area (Å²) in [6, 6.07) is 3.97. The van der Waals surface area contributed by atoms with Gasteiger partial charge in [0.2, 0.25) is 0 Å². The molecule has 0 fully saturated rings. The highest BCUT2D eigenvalue weighted by atomic mass is 127. The van der Waals surface area contributed by atoms with E-state index in [1.165, 1.54) is 9.13 Å². The minimum atomic E-state index is 0.852. The van der Waals surface area contributed by atoms with Crippen LogP contribution in [-0.2, 0) is 13.5 Å². The molecule has 2 aromatic heterocycles. The molecule has 5 heteroatoms. The molecule has 4 nitrogen and oxygen atoms in total. The van der Waals surface area contributed by atoms with Crippen LogP contribution >= 0.6 is 22.6 Å². The Bertz CT molecular complexity index is 492. The first-order valence-electron chi connectivity index (χ1n) is 5.10. The van der Waals surface area contributed by atoms with Crippen molar-refractivity contribution < 1.29 is 0 Å². The number of hydrogen-bond acceptors (Lipinski definition) is 3. The molecule has 0 unspecified atom stereocenters. The number of pyridine rings is 1. The van der Waals surface area contributed by atoms with Gasteiger partial charge in [0.25, 0.3) is 0 Å². The van der Waals surface area contributed by atoms with Gasteiger partial charge in [-0.3, -0.25) is 4.68 Å². The van der Waals surface area contributed by atoms with E-state index in [2.05, 4.69) is 44.9 Å². The fourth-order valence-electron chi connectivity index (χ4n) is 1.42. The third-order valence-electron chi connectivity index (χ3n) is 2.39. The number of hydrogen-bond donors (Lipinski definition) is 1. The number of anilines is 2. The van der Waals surface area contributed by atoms with E-state index in [1.807, 2.05) is 25.4 Å². The van der Waals surface area contributed by atoms with E-state index in [4.69, 9.17) is 0 Å². The van der Waals surface area contributed by atoms with E-state index in [-0.39, 0.29) is 0 Å². The zero-order valence-corrected chi connectivity index (χ0v) is 11.4. The Labute approximate surface area is 108 Å². The second-order valence-corrected chi connectivity index (χ2v) is 4.64. The monoisotopic (exact) mass is 328 g/mol. The third kappa shape index (κ3) is 2.34. The van der Waals surface area contributed by atoms with E-state index < -0.39 is 0 Å². The van der Waals surface area contributed by atoms with E-state index in [1.54, 1.807) is 10.9 Å². The van der Waals surface area contributed by atoms with Gasteiger partial charge >= 0.3 is 0 Å². The predicted octanol–water partition coefficient (Wildman–Crippen LogP) is 2.73. The summed E-state index contributed by atoms with van der Waals surface area (Å²) in [5.74, 6) is 1.79. The molecular formula is C11H13IN4. The largest absolute Gasteiger partial charge is 0.325 e. The van der Waals surface area contributed by atoms with Crippen LogP contribution in [0.15, 0.2) is 24.5 Å². The quantitative estimate of drug-likeness (QED) is 0.881. The fraction of sp³-hybridized carbons (Fsp3) is 0.273. The molecule has 2 aromatic rings. The fourth-order valence-corrected chi connectivity index (χ4v) is 2.23. The van der Waals surface area contributed by atoms with Crippen molar-refractivity contribution in [2.75, 3.05) is 5.32 Å². The topological polar surface area (TPSA) is 42.7 Å². The van der Waals surface area contributed by atoms with Crippen molar-refractivity contribution in [1.82, 2.24) is 14.8 Å². The van der Waals surface area contributed by atoms with Gasteiger partial charge in [0.05, 0.1) is 6.20 Å². The van der Waals surface area contributed by atoms with Crippen LogP contribution in [0.1, 0.15) is 12.5 Å². The summed E-state index contributed by atoms with van der Waals surface area (Å²) in [6.07, 6.45) is 4.69. The lowest BCUT2D eigenvalue weighted by Crippen LogP contribution is -2.01. The molecule has 16 heavy (non-hydrogen) atoms. The van der Waals surface area contributed by atoms with Crippen LogP contribution in [0.3, 0.4) is 0 Å². The summed E-state index contributed by atoms with van der Waals surface area (Å²) in [6.45, 7) is 2.13. The lowest BCUT2D eigenvalue weighted by molar-refractivity contribution is 0.776. The Hall–Kier alpha value is -1.11. The molecule has 84 valence electrons. The van der Waals surface area contributed by atoms with Crippen molar-refractivity contribution in [1.29, 1.82) is 0 Å². The summed E-state index contributed by atoms with van der Waals surface area (Å²) in [4.78, 5) is 4.37. The number of aromatic nitrogens is 3. The van der Waals surface area contributed by atoms with Crippen LogP contribution in [-0.4, -0.2) is 14.8 Å². The zero-order valence-electron chi connectivity index (χ0n) is 9.24. The molecule has 0 aliphatic carbocycles. The van der Waals surface area contributed by atoms with Crippen molar-refractivity contribution in [2.45, 2.75) is 13.3 Å². The maximum atomic E-state index is 4.37. The molecule has 0 aliphatic rings. The second-order valence-electron chi connectivity index (χ2n) is 3.48. The first kappa shape index (κ1) is 11.4. The van der Waals surface area contributed by atoms with Crippen molar-refractivity contribution in [3.63, 3.8) is 0 Å². The molecule has 0 bridgehead atoms. The van der Waals surface area contributed by atoms with Gasteiger partial charge in [0.15, 0.2) is 0 Å². The predicted molar refractivity (Wildman–Crippen MR) is 72.8 cm³/mol. The van der Waals surface area contributed by atoms with Gasteiger partial charge < -0.3 is 5.32 Å². The molecule has 0 spiro atoms. The maximum Gasteiger partial charge on any atom is 0.132 e. The standard InChI is InChI=1S/C11H13IN4/c1-3-8-7-13-10(6-9(8)12)15-11-4-5-14-16(11)2/h4-7H,3H2,1-2H3,(H,13,15). The van der Waals surface area contributed by atoms with Crippen LogP contribution in [0.5, 0.6) is 0 Å². The van der Waals surface area contributed by atoms with E-state index in [0.717, 1.165) is 18.1 Å². The average Bonchev–Trinajstić information content (AvgIpc) is 2.65. The molecule has 0 saturated carbocycles. The highest BCUT2D eigenvalue weighted by Crippen LogP contribution is 2.18. The molecule has 0 amide bonds. The molecule has 1 N–H and O–H groups in total. The van der Waals surface area contributed by atoms with Crippen LogP contribution in [0.25, 0.3) is 0 Å². The summed E-state index contributed by atoms with van der Waals surface area (Å²) < 4.78 is 3.02. The van der Waals surface area contributed by atoms with Gasteiger partial charge in [-0.15, -0.1) is 0 Å². The Balaban J connectivity index is 2.23. The van der Waals surface area contributed by atoms with Crippen LogP contribution in [0.4, 0.5) is 11.6 Å². The highest BCUT2D eigenvalue weighted by molar-refractivity contribution is 14.1. The molecule has 2 heterocycles. The van der Waals surface area contributed by atoms with Crippen LogP contribution in [0.2, 0.25) is 0 Å². The molecule has 0 aliphatic heterocycles. The minimum absolute atomic E-state index is 0.852. The van der Waals surface area contributed by atoms with Crippen LogP contribution in [0, 0.1) is 3.57 Å². The lowest BCUT2D eigenvalue weighted by Gasteiger charge is -2.07. The maximum absolute atomic E-state index is 4.37. The molecule has 0 aromatic carbocycles. The number of halogens is 1. The van der Waals surface area contributed by atoms with Gasteiger partial charge in [-0.1, -0.05) is 6.92 Å². The zero-order chi connectivity index (χ0) is 11.5. The van der Waals surface area contributed by atoms with Crippen molar-refractivity contribution >= 4 is 34.2 Å². The highest BCUT2D eigenvalue weighted by Gasteiger charge is 2.03. The molecular weight excluding hydrogens is 315 g/mol. The lowest BCUT2D eigenvalue weighted by atomic mass is 10.2. The summed E-state index contributed by atoms with van der Waals surface area (Å²) in [7, 11) is 1.90. The van der Waals surface area contributed by atoms with Gasteiger partial charge in [0, 0.05) is 22.9 Å². The van der Waals surface area contributed by atoms with E-state index in [9.17, 15) is 0 Å². The Morgan fingerprint density at radius 2 is 2.31 bits per heavy atom. The Morgan fingerprint density at radius 3 is 2.88 bits per heavy atom. The minimum Gasteiger partial charge on any atom is -0.325 e. The van der Waals surface area contributed by atoms with Gasteiger partial charge in [-0.2, -0.15) is 5.10 Å². The second kappa shape index (κ2) is 4.82. The third-order valence-corrected chi connectivity index (χ3v) is 3.39.